The number of hydrogen-bond donors (Lipinski definition) is 2. The van der Waals surface area contributed by atoms with Crippen LogP contribution in [0, 0.1) is 4.64 Å². The summed E-state index contributed by atoms with van der Waals surface area (Å²) >= 11 is 5.13. The lowest BCUT2D eigenvalue weighted by Gasteiger charge is -2.10. The quantitative estimate of drug-likeness (QED) is 0.764. The lowest BCUT2D eigenvalue weighted by atomic mass is 10.2. The van der Waals surface area contributed by atoms with Gasteiger partial charge in [-0.3, -0.25) is 0 Å². The van der Waals surface area contributed by atoms with Crippen LogP contribution in [0.3, 0.4) is 0 Å². The number of hydrogen-bond acceptors (Lipinski definition) is 4. The molecule has 5 nitrogen and oxygen atoms in total. The molecule has 6 heteroatoms. The topological polar surface area (TPSA) is 72.5 Å². The van der Waals surface area contributed by atoms with Crippen molar-refractivity contribution in [2.24, 2.45) is 0 Å². The Hall–Kier alpha value is -1.43. The van der Waals surface area contributed by atoms with E-state index in [0.29, 0.717) is 22.1 Å². The average Bonchev–Trinajstić information content (AvgIpc) is 2.60. The molecule has 0 fully saturated rings. The normalized spacial score (nSPS) is 13.2. The lowest BCUT2D eigenvalue weighted by molar-refractivity contribution is 0.541. The van der Waals surface area contributed by atoms with Crippen LogP contribution in [-0.4, -0.2) is 19.5 Å². The maximum atomic E-state index is 5.62. The van der Waals surface area contributed by atoms with Crippen LogP contribution >= 0.6 is 12.2 Å². The van der Waals surface area contributed by atoms with Crippen molar-refractivity contribution in [1.29, 1.82) is 0 Å². The number of nitrogens with two attached hydrogens (primary N) is 1. The van der Waals surface area contributed by atoms with Crippen molar-refractivity contribution in [1.82, 2.24) is 19.5 Å². The Morgan fingerprint density at radius 3 is 3.07 bits per heavy atom. The van der Waals surface area contributed by atoms with E-state index in [0.717, 1.165) is 12.1 Å². The Bertz CT molecular complexity index is 541. The molecule has 0 saturated heterocycles. The van der Waals surface area contributed by atoms with Gasteiger partial charge in [0.2, 0.25) is 5.95 Å². The van der Waals surface area contributed by atoms with Crippen molar-refractivity contribution < 1.29 is 0 Å². The zero-order valence-electron chi connectivity index (χ0n) is 8.69. The molecule has 15 heavy (non-hydrogen) atoms. The standard InChI is InChI=1S/C9H13N5S/c1-3-5(2)14-4-11-6-7(14)12-9(10)13-8(6)15/h4-5H,3H2,1-2H3,(H3,10,12,13,15)/t5-/m1/s1. The van der Waals surface area contributed by atoms with Gasteiger partial charge in [0.25, 0.3) is 0 Å². The summed E-state index contributed by atoms with van der Waals surface area (Å²) in [5.41, 5.74) is 7.08. The fourth-order valence-corrected chi connectivity index (χ4v) is 1.71. The number of nitrogens with one attached hydrogen (secondary N) is 1. The molecule has 2 aromatic rings. The molecule has 2 heterocycles. The molecule has 0 saturated carbocycles. The van der Waals surface area contributed by atoms with E-state index < -0.39 is 0 Å². The second kappa shape index (κ2) is 3.62. The van der Waals surface area contributed by atoms with Gasteiger partial charge in [0, 0.05) is 6.04 Å². The molecule has 0 aliphatic rings. The second-order valence-electron chi connectivity index (χ2n) is 3.53. The van der Waals surface area contributed by atoms with Crippen LogP contribution in [0.5, 0.6) is 0 Å². The van der Waals surface area contributed by atoms with Gasteiger partial charge in [0.05, 0.1) is 6.33 Å². The summed E-state index contributed by atoms with van der Waals surface area (Å²) in [5, 5.41) is 0. The van der Waals surface area contributed by atoms with Gasteiger partial charge in [0.1, 0.15) is 10.2 Å². The Kier molecular flexibility index (Phi) is 2.44. The van der Waals surface area contributed by atoms with Crippen LogP contribution < -0.4 is 5.73 Å². The van der Waals surface area contributed by atoms with Crippen LogP contribution in [0.15, 0.2) is 6.33 Å². The maximum Gasteiger partial charge on any atom is 0.200 e. The van der Waals surface area contributed by atoms with Gasteiger partial charge in [0.15, 0.2) is 5.65 Å². The predicted molar refractivity (Wildman–Crippen MR) is 62.1 cm³/mol. The van der Waals surface area contributed by atoms with E-state index in [4.69, 9.17) is 18.0 Å². The van der Waals surface area contributed by atoms with Gasteiger partial charge in [-0.05, 0) is 13.3 Å². The lowest BCUT2D eigenvalue weighted by Crippen LogP contribution is -2.04. The summed E-state index contributed by atoms with van der Waals surface area (Å²) in [4.78, 5) is 11.2. The first-order valence-electron chi connectivity index (χ1n) is 4.85. The number of anilines is 1. The van der Waals surface area contributed by atoms with E-state index in [2.05, 4.69) is 28.8 Å². The summed E-state index contributed by atoms with van der Waals surface area (Å²) in [7, 11) is 0. The van der Waals surface area contributed by atoms with Crippen LogP contribution in [-0.2, 0) is 0 Å². The number of rotatable bonds is 2. The van der Waals surface area contributed by atoms with E-state index in [-0.39, 0.29) is 0 Å². The zero-order chi connectivity index (χ0) is 11.0. The van der Waals surface area contributed by atoms with Crippen molar-refractivity contribution in [2.75, 3.05) is 5.73 Å². The first kappa shape index (κ1) is 10.1. The number of nitrogen functional groups attached to an aromatic ring is 1. The number of nitrogens with zero attached hydrogens (tertiary/aromatic N) is 3. The largest absolute Gasteiger partial charge is 0.369 e. The van der Waals surface area contributed by atoms with E-state index in [1.807, 2.05) is 4.57 Å². The fourth-order valence-electron chi connectivity index (χ4n) is 1.46. The van der Waals surface area contributed by atoms with Crippen molar-refractivity contribution >= 4 is 29.3 Å². The van der Waals surface area contributed by atoms with Crippen molar-refractivity contribution in [3.05, 3.63) is 11.0 Å². The van der Waals surface area contributed by atoms with Crippen LogP contribution in [0.1, 0.15) is 26.3 Å². The van der Waals surface area contributed by atoms with Gasteiger partial charge >= 0.3 is 0 Å². The molecule has 0 unspecified atom stereocenters. The molecule has 0 spiro atoms. The smallest absolute Gasteiger partial charge is 0.200 e. The highest BCUT2D eigenvalue weighted by molar-refractivity contribution is 7.71. The zero-order valence-corrected chi connectivity index (χ0v) is 9.51. The highest BCUT2D eigenvalue weighted by Gasteiger charge is 2.10. The number of aromatic nitrogens is 4. The molecular formula is C9H13N5S. The van der Waals surface area contributed by atoms with Crippen LogP contribution in [0.4, 0.5) is 5.95 Å². The molecular weight excluding hydrogens is 210 g/mol. The van der Waals surface area contributed by atoms with Crippen molar-refractivity contribution in [2.45, 2.75) is 26.3 Å². The fraction of sp³-hybridized carbons (Fsp3) is 0.444. The molecule has 3 N–H and O–H groups in total. The summed E-state index contributed by atoms with van der Waals surface area (Å²) in [6.07, 6.45) is 2.77. The molecule has 0 aliphatic carbocycles. The van der Waals surface area contributed by atoms with Crippen LogP contribution in [0.2, 0.25) is 0 Å². The minimum Gasteiger partial charge on any atom is -0.369 e. The van der Waals surface area contributed by atoms with Gasteiger partial charge < -0.3 is 15.3 Å². The summed E-state index contributed by atoms with van der Waals surface area (Å²) in [6.45, 7) is 4.22. The molecule has 2 rings (SSSR count). The summed E-state index contributed by atoms with van der Waals surface area (Å²) in [5.74, 6) is 0.331. The molecule has 0 aromatic carbocycles. The third-order valence-corrected chi connectivity index (χ3v) is 2.81. The summed E-state index contributed by atoms with van der Waals surface area (Å²) < 4.78 is 2.54. The summed E-state index contributed by atoms with van der Waals surface area (Å²) in [6, 6.07) is 0.346. The predicted octanol–water partition coefficient (Wildman–Crippen LogP) is 2.04. The van der Waals surface area contributed by atoms with Gasteiger partial charge in [-0.2, -0.15) is 4.98 Å². The minimum atomic E-state index is 0.331. The first-order valence-corrected chi connectivity index (χ1v) is 5.26. The van der Waals surface area contributed by atoms with Crippen molar-refractivity contribution in [3.63, 3.8) is 0 Å². The highest BCUT2D eigenvalue weighted by atomic mass is 32.1. The SMILES string of the molecule is CC[C@@H](C)n1cnc2c(=S)[nH]c(N)nc21. The number of fused-ring (bicyclic) bond motifs is 1. The number of imidazole rings is 1. The van der Waals surface area contributed by atoms with Gasteiger partial charge in [-0.15, -0.1) is 0 Å². The Labute approximate surface area is 92.3 Å². The third-order valence-electron chi connectivity index (χ3n) is 2.52. The molecule has 2 aromatic heterocycles. The highest BCUT2D eigenvalue weighted by Crippen LogP contribution is 2.18. The van der Waals surface area contributed by atoms with Crippen LogP contribution in [0.25, 0.3) is 11.2 Å². The number of H-pyrrole nitrogens is 1. The Morgan fingerprint density at radius 1 is 1.67 bits per heavy atom. The molecule has 0 bridgehead atoms. The van der Waals surface area contributed by atoms with E-state index in [1.165, 1.54) is 0 Å². The molecule has 0 aliphatic heterocycles. The monoisotopic (exact) mass is 223 g/mol. The third kappa shape index (κ3) is 1.61. The minimum absolute atomic E-state index is 0.331. The molecule has 80 valence electrons. The van der Waals surface area contributed by atoms with Crippen molar-refractivity contribution in [3.8, 4) is 0 Å². The van der Waals surface area contributed by atoms with Gasteiger partial charge in [-0.25, -0.2) is 4.98 Å². The van der Waals surface area contributed by atoms with E-state index in [1.54, 1.807) is 6.33 Å². The molecule has 0 radical (unpaired) electrons. The Morgan fingerprint density at radius 2 is 2.40 bits per heavy atom. The maximum absolute atomic E-state index is 5.62. The average molecular weight is 223 g/mol. The number of aromatic amines is 1. The second-order valence-corrected chi connectivity index (χ2v) is 3.94. The van der Waals surface area contributed by atoms with E-state index >= 15 is 0 Å². The van der Waals surface area contributed by atoms with E-state index in [9.17, 15) is 0 Å². The first-order chi connectivity index (χ1) is 7.13. The Balaban J connectivity index is 2.74. The molecule has 0 amide bonds. The van der Waals surface area contributed by atoms with Gasteiger partial charge in [-0.1, -0.05) is 19.1 Å². The molecule has 1 atom stereocenters.